The number of ether oxygens (including phenoxy) is 1. The van der Waals surface area contributed by atoms with Gasteiger partial charge < -0.3 is 9.64 Å². The largest absolute Gasteiger partial charge is 0.434 e. The van der Waals surface area contributed by atoms with E-state index in [1.165, 1.54) is 6.08 Å². The van der Waals surface area contributed by atoms with Crippen molar-refractivity contribution in [3.63, 3.8) is 0 Å². The number of halogens is 2. The zero-order valence-electron chi connectivity index (χ0n) is 13.1. The van der Waals surface area contributed by atoms with Gasteiger partial charge in [0.15, 0.2) is 0 Å². The summed E-state index contributed by atoms with van der Waals surface area (Å²) in [6.45, 7) is 1.74. The van der Waals surface area contributed by atoms with Crippen LogP contribution in [0.25, 0.3) is 6.08 Å². The zero-order chi connectivity index (χ0) is 17.0. The molecule has 0 radical (unpaired) electrons. The normalized spacial score (nSPS) is 15.0. The summed E-state index contributed by atoms with van der Waals surface area (Å²) >= 11 is 0. The van der Waals surface area contributed by atoms with Crippen LogP contribution in [0.5, 0.6) is 5.75 Å². The maximum absolute atomic E-state index is 12.4. The van der Waals surface area contributed by atoms with Gasteiger partial charge in [0.2, 0.25) is 0 Å². The van der Waals surface area contributed by atoms with E-state index >= 15 is 0 Å². The minimum absolute atomic E-state index is 0.0493. The second-order valence-corrected chi connectivity index (χ2v) is 5.53. The Morgan fingerprint density at radius 1 is 1.30 bits per heavy atom. The number of alkyl halides is 2. The molecule has 0 aromatic heterocycles. The molecule has 1 heterocycles. The van der Waals surface area contributed by atoms with Crippen molar-refractivity contribution in [3.8, 4) is 11.8 Å². The first-order valence-corrected chi connectivity index (χ1v) is 7.39. The van der Waals surface area contributed by atoms with Gasteiger partial charge in [-0.3, -0.25) is 4.79 Å². The zero-order valence-corrected chi connectivity index (χ0v) is 13.1. The quantitative estimate of drug-likeness (QED) is 0.631. The molecule has 0 spiro atoms. The van der Waals surface area contributed by atoms with Crippen molar-refractivity contribution in [2.24, 2.45) is 0 Å². The fraction of sp³-hybridized carbons (Fsp3) is 0.412. The van der Waals surface area contributed by atoms with Crippen LogP contribution in [0.4, 0.5) is 8.78 Å². The van der Waals surface area contributed by atoms with Crippen LogP contribution >= 0.6 is 0 Å². The molecule has 1 saturated heterocycles. The lowest BCUT2D eigenvalue weighted by Crippen LogP contribution is -2.28. The van der Waals surface area contributed by atoms with E-state index in [-0.39, 0.29) is 17.2 Å². The average molecular weight is 320 g/mol. The van der Waals surface area contributed by atoms with Gasteiger partial charge in [0.1, 0.15) is 17.4 Å². The summed E-state index contributed by atoms with van der Waals surface area (Å²) in [7, 11) is 0. The number of amides is 1. The molecule has 1 aliphatic rings. The Kier molecular flexibility index (Phi) is 5.32. The number of carbonyl (C=O) groups excluding carboxylic acids is 1. The fourth-order valence-electron chi connectivity index (χ4n) is 2.74. The number of benzene rings is 1. The molecule has 1 aromatic carbocycles. The number of nitrogens with zero attached hydrogens (tertiary/aromatic N) is 2. The summed E-state index contributed by atoms with van der Waals surface area (Å²) in [5.41, 5.74) is 1.73. The Morgan fingerprint density at radius 2 is 1.87 bits per heavy atom. The Bertz CT molecular complexity index is 649. The van der Waals surface area contributed by atoms with E-state index < -0.39 is 6.61 Å². The standard InChI is InChI=1S/C17H18F2N2O2/c1-11-7-13(8-12(2)15(11)23-17(18)19)9-14(10-20)16(22)21-5-3-4-6-21/h7-9,17H,3-6H2,1-2H3/b14-9+. The first-order valence-electron chi connectivity index (χ1n) is 7.39. The molecule has 6 heteroatoms. The highest BCUT2D eigenvalue weighted by Crippen LogP contribution is 2.27. The molecule has 1 aliphatic heterocycles. The molecule has 1 aromatic rings. The molecule has 1 fully saturated rings. The summed E-state index contributed by atoms with van der Waals surface area (Å²) < 4.78 is 29.3. The molecule has 0 unspecified atom stereocenters. The number of hydrogen-bond donors (Lipinski definition) is 0. The van der Waals surface area contributed by atoms with Crippen LogP contribution < -0.4 is 4.74 Å². The number of hydrogen-bond acceptors (Lipinski definition) is 3. The lowest BCUT2D eigenvalue weighted by atomic mass is 10.0. The summed E-state index contributed by atoms with van der Waals surface area (Å²) in [5.74, 6) is -0.158. The van der Waals surface area contributed by atoms with E-state index in [0.717, 1.165) is 12.8 Å². The second-order valence-electron chi connectivity index (χ2n) is 5.53. The second kappa shape index (κ2) is 7.23. The van der Waals surface area contributed by atoms with Gasteiger partial charge in [0.05, 0.1) is 0 Å². The first kappa shape index (κ1) is 16.9. The van der Waals surface area contributed by atoms with Gasteiger partial charge >= 0.3 is 6.61 Å². The molecule has 2 rings (SSSR count). The van der Waals surface area contributed by atoms with Crippen LogP contribution in [0.3, 0.4) is 0 Å². The van der Waals surface area contributed by atoms with Crippen LogP contribution in [0, 0.1) is 25.2 Å². The highest BCUT2D eigenvalue weighted by atomic mass is 19.3. The summed E-state index contributed by atoms with van der Waals surface area (Å²) in [6, 6.07) is 5.18. The average Bonchev–Trinajstić information content (AvgIpc) is 3.02. The van der Waals surface area contributed by atoms with Gasteiger partial charge in [0.25, 0.3) is 5.91 Å². The van der Waals surface area contributed by atoms with Crippen molar-refractivity contribution in [1.82, 2.24) is 4.90 Å². The monoisotopic (exact) mass is 320 g/mol. The van der Waals surface area contributed by atoms with Crippen LogP contribution in [0.2, 0.25) is 0 Å². The van der Waals surface area contributed by atoms with Crippen LogP contribution in [-0.4, -0.2) is 30.5 Å². The minimum atomic E-state index is -2.89. The van der Waals surface area contributed by atoms with E-state index in [2.05, 4.69) is 4.74 Å². The third-order valence-corrected chi connectivity index (χ3v) is 3.74. The van der Waals surface area contributed by atoms with Gasteiger partial charge in [-0.25, -0.2) is 0 Å². The Hall–Kier alpha value is -2.42. The topological polar surface area (TPSA) is 53.3 Å². The molecule has 23 heavy (non-hydrogen) atoms. The van der Waals surface area contributed by atoms with Gasteiger partial charge in [-0.1, -0.05) is 0 Å². The van der Waals surface area contributed by atoms with Crippen LogP contribution in [0.1, 0.15) is 29.5 Å². The predicted octanol–water partition coefficient (Wildman–Crippen LogP) is 3.43. The van der Waals surface area contributed by atoms with Gasteiger partial charge in [-0.2, -0.15) is 14.0 Å². The Balaban J connectivity index is 2.30. The van der Waals surface area contributed by atoms with E-state index in [1.807, 2.05) is 6.07 Å². The number of likely N-dealkylation sites (tertiary alicyclic amines) is 1. The molecule has 122 valence electrons. The van der Waals surface area contributed by atoms with Crippen LogP contribution in [0.15, 0.2) is 17.7 Å². The molecule has 0 aliphatic carbocycles. The molecule has 0 saturated carbocycles. The Morgan fingerprint density at radius 3 is 2.35 bits per heavy atom. The van der Waals surface area contributed by atoms with E-state index in [4.69, 9.17) is 0 Å². The molecule has 0 bridgehead atoms. The van der Waals surface area contributed by atoms with Gasteiger partial charge in [-0.05, 0) is 61.6 Å². The number of nitriles is 1. The van der Waals surface area contributed by atoms with Crippen LogP contribution in [-0.2, 0) is 4.79 Å². The minimum Gasteiger partial charge on any atom is -0.434 e. The number of aryl methyl sites for hydroxylation is 2. The van der Waals surface area contributed by atoms with Crippen molar-refractivity contribution >= 4 is 12.0 Å². The molecule has 4 nitrogen and oxygen atoms in total. The van der Waals surface area contributed by atoms with Crippen molar-refractivity contribution in [1.29, 1.82) is 5.26 Å². The van der Waals surface area contributed by atoms with E-state index in [9.17, 15) is 18.8 Å². The highest BCUT2D eigenvalue weighted by molar-refractivity contribution is 6.01. The van der Waals surface area contributed by atoms with Crippen molar-refractivity contribution in [2.75, 3.05) is 13.1 Å². The Labute approximate surface area is 134 Å². The molecule has 0 atom stereocenters. The maximum atomic E-state index is 12.4. The third kappa shape index (κ3) is 4.07. The van der Waals surface area contributed by atoms with Crippen molar-refractivity contribution in [2.45, 2.75) is 33.3 Å². The van der Waals surface area contributed by atoms with E-state index in [0.29, 0.717) is 29.8 Å². The SMILES string of the molecule is Cc1cc(/C=C(\C#N)C(=O)N2CCCC2)cc(C)c1OC(F)F. The summed E-state index contributed by atoms with van der Waals surface area (Å²) in [6.07, 6.45) is 3.39. The van der Waals surface area contributed by atoms with Gasteiger partial charge in [0, 0.05) is 13.1 Å². The van der Waals surface area contributed by atoms with E-state index in [1.54, 1.807) is 30.9 Å². The number of rotatable bonds is 4. The predicted molar refractivity (Wildman–Crippen MR) is 82.0 cm³/mol. The smallest absolute Gasteiger partial charge is 0.387 e. The maximum Gasteiger partial charge on any atom is 0.387 e. The fourth-order valence-corrected chi connectivity index (χ4v) is 2.74. The molecular weight excluding hydrogens is 302 g/mol. The number of carbonyl (C=O) groups is 1. The molecule has 1 amide bonds. The first-order chi connectivity index (χ1) is 10.9. The van der Waals surface area contributed by atoms with Crippen molar-refractivity contribution < 1.29 is 18.3 Å². The third-order valence-electron chi connectivity index (χ3n) is 3.74. The van der Waals surface area contributed by atoms with Crippen molar-refractivity contribution in [3.05, 3.63) is 34.4 Å². The highest BCUT2D eigenvalue weighted by Gasteiger charge is 2.21. The molecular formula is C17H18F2N2O2. The lowest BCUT2D eigenvalue weighted by Gasteiger charge is -2.15. The molecule has 0 N–H and O–H groups in total. The van der Waals surface area contributed by atoms with Gasteiger partial charge in [-0.15, -0.1) is 0 Å². The summed E-state index contributed by atoms with van der Waals surface area (Å²) in [5, 5.41) is 9.24. The summed E-state index contributed by atoms with van der Waals surface area (Å²) in [4.78, 5) is 13.9. The lowest BCUT2D eigenvalue weighted by molar-refractivity contribution is -0.125.